The van der Waals surface area contributed by atoms with Crippen molar-refractivity contribution < 1.29 is 4.74 Å². The van der Waals surface area contributed by atoms with Crippen LogP contribution in [0.4, 0.5) is 0 Å². The molecule has 0 bridgehead atoms. The molecule has 0 aromatic heterocycles. The zero-order chi connectivity index (χ0) is 14.1. The smallest absolute Gasteiger partial charge is 0.134 e. The van der Waals surface area contributed by atoms with Crippen molar-refractivity contribution in [2.24, 2.45) is 5.92 Å². The van der Waals surface area contributed by atoms with Gasteiger partial charge in [-0.1, -0.05) is 55.7 Å². The standard InChI is InChI=1S/C20H20O/c1-2-8-15(9-3-1)18-14-16-10-4-6-12-19(16)21-20-13-7-5-11-17(18)20/h4-7,10-15H,1-3,8-9H2. The molecule has 0 unspecified atom stereocenters. The molecule has 1 aliphatic carbocycles. The Hall–Kier alpha value is -2.02. The number of hydrogen-bond donors (Lipinski definition) is 0. The summed E-state index contributed by atoms with van der Waals surface area (Å²) >= 11 is 0. The van der Waals surface area contributed by atoms with Crippen LogP contribution in [0.3, 0.4) is 0 Å². The van der Waals surface area contributed by atoms with Gasteiger partial charge in [-0.2, -0.15) is 0 Å². The minimum Gasteiger partial charge on any atom is -0.456 e. The predicted octanol–water partition coefficient (Wildman–Crippen LogP) is 5.91. The maximum Gasteiger partial charge on any atom is 0.134 e. The van der Waals surface area contributed by atoms with Crippen molar-refractivity contribution in [3.8, 4) is 11.5 Å². The van der Waals surface area contributed by atoms with Crippen LogP contribution in [0.25, 0.3) is 11.6 Å². The Kier molecular flexibility index (Phi) is 3.27. The van der Waals surface area contributed by atoms with Crippen molar-refractivity contribution in [3.63, 3.8) is 0 Å². The number of benzene rings is 2. The zero-order valence-electron chi connectivity index (χ0n) is 12.2. The molecule has 2 aliphatic rings. The van der Waals surface area contributed by atoms with E-state index < -0.39 is 0 Å². The largest absolute Gasteiger partial charge is 0.456 e. The summed E-state index contributed by atoms with van der Waals surface area (Å²) in [5.74, 6) is 2.64. The highest BCUT2D eigenvalue weighted by atomic mass is 16.5. The normalized spacial score (nSPS) is 18.0. The van der Waals surface area contributed by atoms with Gasteiger partial charge in [0, 0.05) is 11.1 Å². The van der Waals surface area contributed by atoms with Gasteiger partial charge in [0.25, 0.3) is 0 Å². The highest BCUT2D eigenvalue weighted by molar-refractivity contribution is 5.88. The molecule has 0 N–H and O–H groups in total. The maximum absolute atomic E-state index is 6.17. The van der Waals surface area contributed by atoms with Gasteiger partial charge < -0.3 is 4.74 Å². The molecule has 0 atom stereocenters. The Bertz CT molecular complexity index is 678. The van der Waals surface area contributed by atoms with Gasteiger partial charge in [0.05, 0.1) is 0 Å². The van der Waals surface area contributed by atoms with Crippen LogP contribution in [-0.2, 0) is 0 Å². The van der Waals surface area contributed by atoms with Gasteiger partial charge in [-0.15, -0.1) is 0 Å². The average Bonchev–Trinajstić information content (AvgIpc) is 2.72. The van der Waals surface area contributed by atoms with E-state index in [4.69, 9.17) is 4.74 Å². The van der Waals surface area contributed by atoms with E-state index in [1.807, 2.05) is 6.07 Å². The second kappa shape index (κ2) is 5.40. The Morgan fingerprint density at radius 1 is 0.762 bits per heavy atom. The lowest BCUT2D eigenvalue weighted by Gasteiger charge is -2.25. The third-order valence-electron chi connectivity index (χ3n) is 4.69. The van der Waals surface area contributed by atoms with E-state index in [9.17, 15) is 0 Å². The van der Waals surface area contributed by atoms with Gasteiger partial charge in [0.2, 0.25) is 0 Å². The molecule has 4 rings (SSSR count). The molecule has 1 heterocycles. The van der Waals surface area contributed by atoms with Crippen LogP contribution in [0.1, 0.15) is 43.2 Å². The summed E-state index contributed by atoms with van der Waals surface area (Å²) < 4.78 is 6.17. The molecule has 1 saturated carbocycles. The van der Waals surface area contributed by atoms with E-state index in [-0.39, 0.29) is 0 Å². The Labute approximate surface area is 126 Å². The third kappa shape index (κ3) is 2.37. The number of para-hydroxylation sites is 2. The lowest BCUT2D eigenvalue weighted by atomic mass is 9.80. The van der Waals surface area contributed by atoms with Crippen LogP contribution in [0.5, 0.6) is 11.5 Å². The second-order valence-electron chi connectivity index (χ2n) is 6.07. The van der Waals surface area contributed by atoms with Crippen LogP contribution >= 0.6 is 0 Å². The van der Waals surface area contributed by atoms with Crippen molar-refractivity contribution in [2.75, 3.05) is 0 Å². The van der Waals surface area contributed by atoms with E-state index in [1.54, 1.807) is 0 Å². The fourth-order valence-corrected chi connectivity index (χ4v) is 3.60. The highest BCUT2D eigenvalue weighted by Crippen LogP contribution is 2.44. The van der Waals surface area contributed by atoms with Crippen molar-refractivity contribution in [1.82, 2.24) is 0 Å². The van der Waals surface area contributed by atoms with E-state index >= 15 is 0 Å². The number of fused-ring (bicyclic) bond motifs is 2. The summed E-state index contributed by atoms with van der Waals surface area (Å²) in [7, 11) is 0. The fraction of sp³-hybridized carbons (Fsp3) is 0.300. The maximum atomic E-state index is 6.17. The van der Waals surface area contributed by atoms with E-state index in [0.29, 0.717) is 5.92 Å². The summed E-state index contributed by atoms with van der Waals surface area (Å²) in [4.78, 5) is 0. The van der Waals surface area contributed by atoms with Gasteiger partial charge in [0.15, 0.2) is 0 Å². The number of rotatable bonds is 1. The van der Waals surface area contributed by atoms with Crippen molar-refractivity contribution in [3.05, 3.63) is 59.7 Å². The summed E-state index contributed by atoms with van der Waals surface area (Å²) in [6, 6.07) is 16.8. The van der Waals surface area contributed by atoms with Crippen LogP contribution in [0.15, 0.2) is 48.5 Å². The molecule has 1 heteroatoms. The number of ether oxygens (including phenoxy) is 1. The first-order valence-electron chi connectivity index (χ1n) is 8.00. The van der Waals surface area contributed by atoms with Crippen LogP contribution in [0.2, 0.25) is 0 Å². The second-order valence-corrected chi connectivity index (χ2v) is 6.07. The molecular formula is C20H20O. The first-order chi connectivity index (χ1) is 10.4. The topological polar surface area (TPSA) is 9.23 Å². The molecular weight excluding hydrogens is 256 g/mol. The molecule has 0 spiro atoms. The molecule has 1 nitrogen and oxygen atoms in total. The van der Waals surface area contributed by atoms with Gasteiger partial charge in [0.1, 0.15) is 11.5 Å². The quantitative estimate of drug-likeness (QED) is 0.628. The zero-order valence-corrected chi connectivity index (χ0v) is 12.2. The molecule has 21 heavy (non-hydrogen) atoms. The minimum atomic E-state index is 0.676. The SMILES string of the molecule is C1=C(C2CCCCC2)c2ccccc2Oc2ccccc21. The summed E-state index contributed by atoms with van der Waals surface area (Å²) in [6.45, 7) is 0. The summed E-state index contributed by atoms with van der Waals surface area (Å²) in [6.07, 6.45) is 9.07. The first kappa shape index (κ1) is 12.7. The molecule has 2 aromatic rings. The average molecular weight is 276 g/mol. The minimum absolute atomic E-state index is 0.676. The predicted molar refractivity (Wildman–Crippen MR) is 87.4 cm³/mol. The van der Waals surface area contributed by atoms with Crippen LogP contribution in [-0.4, -0.2) is 0 Å². The van der Waals surface area contributed by atoms with Crippen molar-refractivity contribution in [1.29, 1.82) is 0 Å². The Morgan fingerprint density at radius 3 is 2.33 bits per heavy atom. The highest BCUT2D eigenvalue weighted by Gasteiger charge is 2.24. The molecule has 0 saturated heterocycles. The lowest BCUT2D eigenvalue weighted by molar-refractivity contribution is 0.428. The van der Waals surface area contributed by atoms with Gasteiger partial charge in [-0.3, -0.25) is 0 Å². The fourth-order valence-electron chi connectivity index (χ4n) is 3.60. The molecule has 2 aromatic carbocycles. The van der Waals surface area contributed by atoms with Crippen molar-refractivity contribution >= 4 is 11.6 Å². The molecule has 106 valence electrons. The molecule has 0 amide bonds. The Morgan fingerprint density at radius 2 is 1.48 bits per heavy atom. The molecule has 0 radical (unpaired) electrons. The van der Waals surface area contributed by atoms with Gasteiger partial charge >= 0.3 is 0 Å². The summed E-state index contributed by atoms with van der Waals surface area (Å²) in [5.41, 5.74) is 3.95. The molecule has 1 aliphatic heterocycles. The lowest BCUT2D eigenvalue weighted by Crippen LogP contribution is -2.08. The molecule has 1 fully saturated rings. The number of hydrogen-bond acceptors (Lipinski definition) is 1. The van der Waals surface area contributed by atoms with Crippen molar-refractivity contribution in [2.45, 2.75) is 32.1 Å². The first-order valence-corrected chi connectivity index (χ1v) is 8.00. The van der Waals surface area contributed by atoms with E-state index in [2.05, 4.69) is 48.5 Å². The van der Waals surface area contributed by atoms with Crippen LogP contribution in [0, 0.1) is 5.92 Å². The van der Waals surface area contributed by atoms with E-state index in [0.717, 1.165) is 11.5 Å². The number of allylic oxidation sites excluding steroid dienone is 1. The monoisotopic (exact) mass is 276 g/mol. The van der Waals surface area contributed by atoms with Gasteiger partial charge in [-0.05, 0) is 42.5 Å². The third-order valence-corrected chi connectivity index (χ3v) is 4.69. The van der Waals surface area contributed by atoms with Gasteiger partial charge in [-0.25, -0.2) is 0 Å². The summed E-state index contributed by atoms with van der Waals surface area (Å²) in [5, 5.41) is 0. The van der Waals surface area contributed by atoms with E-state index in [1.165, 1.54) is 48.8 Å². The Balaban J connectivity index is 1.87. The van der Waals surface area contributed by atoms with Crippen LogP contribution < -0.4 is 4.74 Å².